The van der Waals surface area contributed by atoms with E-state index in [0.717, 1.165) is 0 Å². The Labute approximate surface area is 79.0 Å². The lowest BCUT2D eigenvalue weighted by Crippen LogP contribution is -1.94. The summed E-state index contributed by atoms with van der Waals surface area (Å²) in [6.45, 7) is 0. The highest BCUT2D eigenvalue weighted by atomic mass is 19.1. The summed E-state index contributed by atoms with van der Waals surface area (Å²) in [5, 5.41) is 7.18. The van der Waals surface area contributed by atoms with Gasteiger partial charge in [-0.05, 0) is 18.2 Å². The molecule has 0 fully saturated rings. The molecular weight excluding hydrogens is 185 g/mol. The molecule has 0 spiro atoms. The minimum absolute atomic E-state index is 0.0434. The Morgan fingerprint density at radius 1 is 1.29 bits per heavy atom. The average molecular weight is 191 g/mol. The predicted octanol–water partition coefficient (Wildman–Crippen LogP) is 1.22. The van der Waals surface area contributed by atoms with Crippen LogP contribution >= 0.6 is 0 Å². The van der Waals surface area contributed by atoms with Crippen molar-refractivity contribution in [2.24, 2.45) is 0 Å². The second-order valence-electron chi connectivity index (χ2n) is 2.69. The van der Waals surface area contributed by atoms with Crippen molar-refractivity contribution >= 4 is 6.29 Å². The third kappa shape index (κ3) is 1.39. The zero-order chi connectivity index (χ0) is 9.97. The fraction of sp³-hybridized carbons (Fsp3) is 0. The molecule has 1 aromatic carbocycles. The normalized spacial score (nSPS) is 10.1. The summed E-state index contributed by atoms with van der Waals surface area (Å²) in [6.07, 6.45) is 3.38. The molecule has 2 aromatic rings. The molecule has 1 aromatic heterocycles. The van der Waals surface area contributed by atoms with Gasteiger partial charge in [0.1, 0.15) is 18.5 Å². The van der Waals surface area contributed by atoms with E-state index >= 15 is 0 Å². The molecule has 0 amide bonds. The number of benzene rings is 1. The van der Waals surface area contributed by atoms with Crippen LogP contribution < -0.4 is 0 Å². The van der Waals surface area contributed by atoms with Gasteiger partial charge in [-0.3, -0.25) is 9.36 Å². The number of carbonyl (C=O) groups excluding carboxylic acids is 1. The van der Waals surface area contributed by atoms with Crippen LogP contribution in [0, 0.1) is 5.82 Å². The van der Waals surface area contributed by atoms with E-state index in [0.29, 0.717) is 12.0 Å². The van der Waals surface area contributed by atoms with Crippen LogP contribution in [0.25, 0.3) is 5.69 Å². The van der Waals surface area contributed by atoms with E-state index in [-0.39, 0.29) is 5.56 Å². The molecule has 0 atom stereocenters. The molecule has 14 heavy (non-hydrogen) atoms. The maximum atomic E-state index is 13.2. The number of carbonyl (C=O) groups is 1. The number of hydrogen-bond acceptors (Lipinski definition) is 3. The molecule has 0 N–H and O–H groups in total. The highest BCUT2D eigenvalue weighted by molar-refractivity contribution is 5.75. The molecule has 0 saturated heterocycles. The summed E-state index contributed by atoms with van der Waals surface area (Å²) >= 11 is 0. The first-order valence-corrected chi connectivity index (χ1v) is 3.91. The summed E-state index contributed by atoms with van der Waals surface area (Å²) < 4.78 is 14.7. The fourth-order valence-corrected chi connectivity index (χ4v) is 1.11. The smallest absolute Gasteiger partial charge is 0.152 e. The van der Waals surface area contributed by atoms with Crippen LogP contribution in [0.3, 0.4) is 0 Å². The van der Waals surface area contributed by atoms with E-state index < -0.39 is 5.82 Å². The number of halogens is 1. The maximum absolute atomic E-state index is 13.2. The van der Waals surface area contributed by atoms with Gasteiger partial charge in [0.05, 0.1) is 11.3 Å². The first-order valence-electron chi connectivity index (χ1n) is 3.91. The number of rotatable bonds is 2. The monoisotopic (exact) mass is 191 g/mol. The number of nitrogens with zero attached hydrogens (tertiary/aromatic N) is 3. The summed E-state index contributed by atoms with van der Waals surface area (Å²) in [5.74, 6) is -0.550. The number of aromatic nitrogens is 3. The van der Waals surface area contributed by atoms with Gasteiger partial charge in [0, 0.05) is 0 Å². The fourth-order valence-electron chi connectivity index (χ4n) is 1.11. The quantitative estimate of drug-likeness (QED) is 0.670. The van der Waals surface area contributed by atoms with E-state index in [4.69, 9.17) is 0 Å². The van der Waals surface area contributed by atoms with Crippen molar-refractivity contribution in [1.82, 2.24) is 14.8 Å². The molecule has 0 aliphatic carbocycles. The van der Waals surface area contributed by atoms with Crippen molar-refractivity contribution in [2.75, 3.05) is 0 Å². The van der Waals surface area contributed by atoms with E-state index in [1.54, 1.807) is 10.6 Å². The largest absolute Gasteiger partial charge is 0.298 e. The summed E-state index contributed by atoms with van der Waals surface area (Å²) in [4.78, 5) is 10.4. The van der Waals surface area contributed by atoms with Gasteiger partial charge in [-0.15, -0.1) is 10.2 Å². The molecule has 5 heteroatoms. The van der Waals surface area contributed by atoms with Crippen LogP contribution in [0.5, 0.6) is 0 Å². The lowest BCUT2D eigenvalue weighted by atomic mass is 10.2. The van der Waals surface area contributed by atoms with Gasteiger partial charge in [0.25, 0.3) is 0 Å². The molecule has 0 saturated carbocycles. The Bertz CT molecular complexity index is 453. The Kier molecular flexibility index (Phi) is 2.06. The van der Waals surface area contributed by atoms with Crippen molar-refractivity contribution in [3.8, 4) is 5.69 Å². The van der Waals surface area contributed by atoms with Crippen LogP contribution in [0.1, 0.15) is 10.4 Å². The molecule has 4 nitrogen and oxygen atoms in total. The Morgan fingerprint density at radius 3 is 2.57 bits per heavy atom. The lowest BCUT2D eigenvalue weighted by molar-refractivity contribution is 0.112. The van der Waals surface area contributed by atoms with E-state index in [2.05, 4.69) is 10.2 Å². The second-order valence-corrected chi connectivity index (χ2v) is 2.69. The van der Waals surface area contributed by atoms with Crippen LogP contribution in [-0.4, -0.2) is 21.1 Å². The molecule has 0 bridgehead atoms. The Morgan fingerprint density at radius 2 is 2.00 bits per heavy atom. The lowest BCUT2D eigenvalue weighted by Gasteiger charge is -2.01. The van der Waals surface area contributed by atoms with Gasteiger partial charge in [-0.2, -0.15) is 0 Å². The van der Waals surface area contributed by atoms with Gasteiger partial charge in [0.2, 0.25) is 0 Å². The van der Waals surface area contributed by atoms with Crippen molar-refractivity contribution in [3.63, 3.8) is 0 Å². The first kappa shape index (κ1) is 8.55. The highest BCUT2D eigenvalue weighted by Crippen LogP contribution is 2.11. The summed E-state index contributed by atoms with van der Waals surface area (Å²) in [7, 11) is 0. The van der Waals surface area contributed by atoms with E-state index in [9.17, 15) is 9.18 Å². The topological polar surface area (TPSA) is 47.8 Å². The van der Waals surface area contributed by atoms with Gasteiger partial charge < -0.3 is 0 Å². The van der Waals surface area contributed by atoms with Crippen LogP contribution in [-0.2, 0) is 0 Å². The Hall–Kier alpha value is -2.04. The average Bonchev–Trinajstić information content (AvgIpc) is 2.70. The van der Waals surface area contributed by atoms with Gasteiger partial charge >= 0.3 is 0 Å². The zero-order valence-corrected chi connectivity index (χ0v) is 7.09. The molecule has 0 aliphatic heterocycles. The third-order valence-electron chi connectivity index (χ3n) is 1.83. The summed E-state index contributed by atoms with van der Waals surface area (Å²) in [6, 6.07) is 4.29. The van der Waals surface area contributed by atoms with Gasteiger partial charge in [-0.25, -0.2) is 4.39 Å². The molecule has 2 rings (SSSR count). The predicted molar refractivity (Wildman–Crippen MR) is 46.7 cm³/mol. The third-order valence-corrected chi connectivity index (χ3v) is 1.83. The van der Waals surface area contributed by atoms with Crippen molar-refractivity contribution in [3.05, 3.63) is 42.2 Å². The molecular formula is C9H6FN3O. The Balaban J connectivity index is 2.48. The SMILES string of the molecule is O=Cc1ccc(-n2cnnc2)cc1F. The number of hydrogen-bond donors (Lipinski definition) is 0. The van der Waals surface area contributed by atoms with Crippen LogP contribution in [0.15, 0.2) is 30.9 Å². The minimum Gasteiger partial charge on any atom is -0.298 e. The van der Waals surface area contributed by atoms with Gasteiger partial charge in [-0.1, -0.05) is 0 Å². The molecule has 0 unspecified atom stereocenters. The number of aldehydes is 1. The molecule has 1 heterocycles. The minimum atomic E-state index is -0.550. The van der Waals surface area contributed by atoms with Crippen LogP contribution in [0.2, 0.25) is 0 Å². The van der Waals surface area contributed by atoms with Gasteiger partial charge in [0.15, 0.2) is 6.29 Å². The van der Waals surface area contributed by atoms with Crippen molar-refractivity contribution < 1.29 is 9.18 Å². The van der Waals surface area contributed by atoms with Crippen LogP contribution in [0.4, 0.5) is 4.39 Å². The van der Waals surface area contributed by atoms with Crippen molar-refractivity contribution in [2.45, 2.75) is 0 Å². The van der Waals surface area contributed by atoms with E-state index in [1.165, 1.54) is 24.8 Å². The van der Waals surface area contributed by atoms with E-state index in [1.807, 2.05) is 0 Å². The highest BCUT2D eigenvalue weighted by Gasteiger charge is 2.03. The zero-order valence-electron chi connectivity index (χ0n) is 7.09. The maximum Gasteiger partial charge on any atom is 0.152 e. The standard InChI is InChI=1S/C9H6FN3O/c10-9-3-8(2-1-7(9)4-14)13-5-11-12-6-13/h1-6H. The van der Waals surface area contributed by atoms with Crippen molar-refractivity contribution in [1.29, 1.82) is 0 Å². The molecule has 0 aliphatic rings. The molecule has 70 valence electrons. The first-order chi connectivity index (χ1) is 6.81. The molecule has 0 radical (unpaired) electrons. The summed E-state index contributed by atoms with van der Waals surface area (Å²) in [5.41, 5.74) is 0.625. The second kappa shape index (κ2) is 3.37.